The van der Waals surface area contributed by atoms with Crippen LogP contribution in [0.15, 0.2) is 12.3 Å². The van der Waals surface area contributed by atoms with Crippen LogP contribution in [0.2, 0.25) is 0 Å². The minimum absolute atomic E-state index is 0.888. The third kappa shape index (κ3) is 3.00. The van der Waals surface area contributed by atoms with Crippen molar-refractivity contribution >= 4 is 0 Å². The molecule has 2 rings (SSSR count). The first-order chi connectivity index (χ1) is 7.78. The summed E-state index contributed by atoms with van der Waals surface area (Å²) in [5.41, 5.74) is 1.05. The van der Waals surface area contributed by atoms with Gasteiger partial charge in [0.05, 0.1) is 6.54 Å². The average Bonchev–Trinajstić information content (AvgIpc) is 2.30. The van der Waals surface area contributed by atoms with Crippen LogP contribution in [0.1, 0.15) is 18.4 Å². The van der Waals surface area contributed by atoms with Crippen molar-refractivity contribution in [2.24, 2.45) is 0 Å². The van der Waals surface area contributed by atoms with Gasteiger partial charge < -0.3 is 4.90 Å². The zero-order valence-corrected chi connectivity index (χ0v) is 10.2. The molecule has 0 aromatic carbocycles. The number of aromatic nitrogens is 2. The predicted octanol–water partition coefficient (Wildman–Crippen LogP) is 0.923. The molecule has 0 saturated carbocycles. The Morgan fingerprint density at radius 3 is 2.50 bits per heavy atom. The Kier molecular flexibility index (Phi) is 3.85. The molecule has 4 heteroatoms. The summed E-state index contributed by atoms with van der Waals surface area (Å²) in [6, 6.07) is 1.94. The molecular formula is C12H20N4. The maximum Gasteiger partial charge on any atom is 0.142 e. The molecule has 88 valence electrons. The van der Waals surface area contributed by atoms with E-state index in [-0.39, 0.29) is 0 Å². The predicted molar refractivity (Wildman–Crippen MR) is 64.2 cm³/mol. The number of nitrogens with zero attached hydrogens (tertiary/aromatic N) is 4. The van der Waals surface area contributed by atoms with Crippen molar-refractivity contribution < 1.29 is 0 Å². The van der Waals surface area contributed by atoms with Crippen LogP contribution in [-0.4, -0.2) is 52.5 Å². The van der Waals surface area contributed by atoms with Gasteiger partial charge in [0.2, 0.25) is 0 Å². The second-order valence-electron chi connectivity index (χ2n) is 4.32. The Labute approximate surface area is 97.3 Å². The lowest BCUT2D eigenvalue weighted by Gasteiger charge is -2.33. The molecule has 4 nitrogen and oxygen atoms in total. The second-order valence-corrected chi connectivity index (χ2v) is 4.32. The van der Waals surface area contributed by atoms with E-state index in [0.29, 0.717) is 0 Å². The van der Waals surface area contributed by atoms with Crippen LogP contribution in [0.3, 0.4) is 0 Å². The molecule has 0 bridgehead atoms. The van der Waals surface area contributed by atoms with Crippen LogP contribution in [0.25, 0.3) is 0 Å². The third-order valence-corrected chi connectivity index (χ3v) is 3.12. The Bertz CT molecular complexity index is 332. The minimum atomic E-state index is 0.888. The number of piperazine rings is 1. The van der Waals surface area contributed by atoms with E-state index in [4.69, 9.17) is 0 Å². The van der Waals surface area contributed by atoms with E-state index >= 15 is 0 Å². The third-order valence-electron chi connectivity index (χ3n) is 3.12. The summed E-state index contributed by atoms with van der Waals surface area (Å²) in [5.74, 6) is 0.949. The quantitative estimate of drug-likeness (QED) is 0.758. The summed E-state index contributed by atoms with van der Waals surface area (Å²) in [4.78, 5) is 13.7. The van der Waals surface area contributed by atoms with Crippen LogP contribution < -0.4 is 0 Å². The first-order valence-corrected chi connectivity index (χ1v) is 6.01. The zero-order valence-electron chi connectivity index (χ0n) is 10.2. The van der Waals surface area contributed by atoms with Crippen LogP contribution in [-0.2, 0) is 6.54 Å². The maximum atomic E-state index is 4.44. The molecule has 0 radical (unpaired) electrons. The minimum Gasteiger partial charge on any atom is -0.301 e. The van der Waals surface area contributed by atoms with Crippen molar-refractivity contribution in [3.05, 3.63) is 23.8 Å². The van der Waals surface area contributed by atoms with Gasteiger partial charge in [-0.05, 0) is 19.5 Å². The monoisotopic (exact) mass is 220 g/mol. The van der Waals surface area contributed by atoms with Gasteiger partial charge in [0, 0.05) is 38.1 Å². The smallest absolute Gasteiger partial charge is 0.142 e. The molecular weight excluding hydrogens is 200 g/mol. The van der Waals surface area contributed by atoms with E-state index < -0.39 is 0 Å². The van der Waals surface area contributed by atoms with Gasteiger partial charge in [-0.2, -0.15) is 0 Å². The highest BCUT2D eigenvalue weighted by Crippen LogP contribution is 2.05. The van der Waals surface area contributed by atoms with Crippen LogP contribution in [0, 0.1) is 6.92 Å². The molecule has 2 heterocycles. The maximum absolute atomic E-state index is 4.44. The zero-order chi connectivity index (χ0) is 11.4. The fourth-order valence-corrected chi connectivity index (χ4v) is 2.04. The molecule has 1 fully saturated rings. The molecule has 1 aromatic heterocycles. The molecule has 1 saturated heterocycles. The van der Waals surface area contributed by atoms with Gasteiger partial charge in [-0.1, -0.05) is 6.92 Å². The molecule has 0 atom stereocenters. The van der Waals surface area contributed by atoms with Gasteiger partial charge in [0.15, 0.2) is 0 Å². The Morgan fingerprint density at radius 1 is 1.19 bits per heavy atom. The Hall–Kier alpha value is -1.00. The summed E-state index contributed by atoms with van der Waals surface area (Å²) in [5, 5.41) is 0. The van der Waals surface area contributed by atoms with E-state index in [9.17, 15) is 0 Å². The number of rotatable bonds is 3. The van der Waals surface area contributed by atoms with Crippen molar-refractivity contribution in [2.75, 3.05) is 32.7 Å². The van der Waals surface area contributed by atoms with E-state index in [1.165, 1.54) is 13.1 Å². The summed E-state index contributed by atoms with van der Waals surface area (Å²) >= 11 is 0. The van der Waals surface area contributed by atoms with Crippen molar-refractivity contribution in [3.63, 3.8) is 0 Å². The normalized spacial score (nSPS) is 18.9. The summed E-state index contributed by atoms with van der Waals surface area (Å²) in [7, 11) is 0. The Balaban J connectivity index is 1.87. The standard InChI is InChI=1S/C12H20N4/c1-3-15-6-8-16(9-7-15)10-12-13-5-4-11(2)14-12/h4-5H,3,6-10H2,1-2H3. The number of aryl methyl sites for hydroxylation is 1. The molecule has 1 aliphatic rings. The van der Waals surface area contributed by atoms with Crippen molar-refractivity contribution in [3.8, 4) is 0 Å². The van der Waals surface area contributed by atoms with Gasteiger partial charge in [0.25, 0.3) is 0 Å². The van der Waals surface area contributed by atoms with Gasteiger partial charge >= 0.3 is 0 Å². The van der Waals surface area contributed by atoms with Crippen molar-refractivity contribution in [1.82, 2.24) is 19.8 Å². The molecule has 0 amide bonds. The SMILES string of the molecule is CCN1CCN(Cc2nccc(C)n2)CC1. The molecule has 0 N–H and O–H groups in total. The van der Waals surface area contributed by atoms with E-state index in [2.05, 4.69) is 26.7 Å². The largest absolute Gasteiger partial charge is 0.301 e. The van der Waals surface area contributed by atoms with Gasteiger partial charge in [0.1, 0.15) is 5.82 Å². The average molecular weight is 220 g/mol. The van der Waals surface area contributed by atoms with E-state index in [1.807, 2.05) is 19.2 Å². The molecule has 0 unspecified atom stereocenters. The molecule has 1 aliphatic heterocycles. The summed E-state index contributed by atoms with van der Waals surface area (Å²) < 4.78 is 0. The highest BCUT2D eigenvalue weighted by molar-refractivity contribution is 4.99. The lowest BCUT2D eigenvalue weighted by atomic mass is 10.3. The van der Waals surface area contributed by atoms with Gasteiger partial charge in [-0.15, -0.1) is 0 Å². The Morgan fingerprint density at radius 2 is 1.88 bits per heavy atom. The summed E-state index contributed by atoms with van der Waals surface area (Å²) in [6.07, 6.45) is 1.85. The topological polar surface area (TPSA) is 32.3 Å². The first-order valence-electron chi connectivity index (χ1n) is 6.01. The van der Waals surface area contributed by atoms with E-state index in [0.717, 1.165) is 37.7 Å². The highest BCUT2D eigenvalue weighted by atomic mass is 15.3. The number of hydrogen-bond acceptors (Lipinski definition) is 4. The van der Waals surface area contributed by atoms with Crippen LogP contribution in [0.4, 0.5) is 0 Å². The van der Waals surface area contributed by atoms with Crippen LogP contribution >= 0.6 is 0 Å². The van der Waals surface area contributed by atoms with Crippen molar-refractivity contribution in [2.45, 2.75) is 20.4 Å². The van der Waals surface area contributed by atoms with E-state index in [1.54, 1.807) is 0 Å². The van der Waals surface area contributed by atoms with Crippen molar-refractivity contribution in [1.29, 1.82) is 0 Å². The molecule has 0 spiro atoms. The lowest BCUT2D eigenvalue weighted by molar-refractivity contribution is 0.129. The second kappa shape index (κ2) is 5.37. The highest BCUT2D eigenvalue weighted by Gasteiger charge is 2.16. The van der Waals surface area contributed by atoms with Gasteiger partial charge in [-0.25, -0.2) is 9.97 Å². The lowest BCUT2D eigenvalue weighted by Crippen LogP contribution is -2.45. The fraction of sp³-hybridized carbons (Fsp3) is 0.667. The molecule has 0 aliphatic carbocycles. The van der Waals surface area contributed by atoms with Gasteiger partial charge in [-0.3, -0.25) is 4.90 Å². The first kappa shape index (κ1) is 11.5. The number of likely N-dealkylation sites (N-methyl/N-ethyl adjacent to an activating group) is 1. The summed E-state index contributed by atoms with van der Waals surface area (Å²) in [6.45, 7) is 10.9. The van der Waals surface area contributed by atoms with Crippen LogP contribution in [0.5, 0.6) is 0 Å². The fourth-order valence-electron chi connectivity index (χ4n) is 2.04. The molecule has 16 heavy (non-hydrogen) atoms. The molecule has 1 aromatic rings. The number of hydrogen-bond donors (Lipinski definition) is 0.